The van der Waals surface area contributed by atoms with Gasteiger partial charge in [0.2, 0.25) is 0 Å². The van der Waals surface area contributed by atoms with Gasteiger partial charge in [-0.1, -0.05) is 63.7 Å². The molecule has 0 unspecified atom stereocenters. The van der Waals surface area contributed by atoms with E-state index < -0.39 is 10.7 Å². The number of carbonyl (C=O) groups is 1. The second-order valence-electron chi connectivity index (χ2n) is 7.25. The van der Waals surface area contributed by atoms with Gasteiger partial charge < -0.3 is 9.26 Å². The van der Waals surface area contributed by atoms with Crippen molar-refractivity contribution in [3.8, 4) is 22.7 Å². The predicted molar refractivity (Wildman–Crippen MR) is 137 cm³/mol. The van der Waals surface area contributed by atoms with Crippen LogP contribution in [0.3, 0.4) is 0 Å². The van der Waals surface area contributed by atoms with Gasteiger partial charge in [-0.25, -0.2) is 0 Å². The van der Waals surface area contributed by atoms with E-state index in [0.29, 0.717) is 51.5 Å². The molecule has 0 atom stereocenters. The lowest BCUT2D eigenvalue weighted by Gasteiger charge is -2.23. The smallest absolute Gasteiger partial charge is 0.262 e. The molecule has 0 aliphatic heterocycles. The van der Waals surface area contributed by atoms with Crippen LogP contribution in [0.4, 0.5) is 5.69 Å². The van der Waals surface area contributed by atoms with Crippen LogP contribution in [0, 0.1) is 0 Å². The number of halogens is 4. The summed E-state index contributed by atoms with van der Waals surface area (Å²) in [5.41, 5.74) is 2.78. The van der Waals surface area contributed by atoms with Crippen molar-refractivity contribution in [2.24, 2.45) is 0 Å². The summed E-state index contributed by atoms with van der Waals surface area (Å²) in [6, 6.07) is 15.8. The van der Waals surface area contributed by atoms with Crippen LogP contribution in [0.25, 0.3) is 22.7 Å². The molecule has 0 radical (unpaired) electrons. The second kappa shape index (κ2) is 11.8. The molecule has 35 heavy (non-hydrogen) atoms. The molecule has 0 fully saturated rings. The molecule has 0 bridgehead atoms. The molecule has 0 N–H and O–H groups in total. The van der Waals surface area contributed by atoms with Crippen LogP contribution in [0.1, 0.15) is 5.69 Å². The molecule has 4 rings (SSSR count). The summed E-state index contributed by atoms with van der Waals surface area (Å²) in [5, 5.41) is 4.95. The Morgan fingerprint density at radius 3 is 2.49 bits per heavy atom. The Hall–Kier alpha value is -2.68. The standard InChI is InChI=1S/C24H18Cl4N4O3/c25-17-5-3-6-18(26)22(17)20-13-21(35-31-20)19-12-16(7-10-30-19)32(24(33)23(27)28)14-34-11-8-15-4-1-2-9-29-15/h1-7,9-10,12-13,23H,8,11,14H2. The number of nitrogens with zero attached hydrogens (tertiary/aromatic N) is 4. The van der Waals surface area contributed by atoms with Crippen molar-refractivity contribution in [3.05, 3.63) is 82.7 Å². The number of rotatable bonds is 9. The SMILES string of the molecule is O=C(C(Cl)Cl)N(COCCc1ccccn1)c1ccnc(-c2cc(-c3c(Cl)cccc3Cl)no2)c1. The molecule has 7 nitrogen and oxygen atoms in total. The summed E-state index contributed by atoms with van der Waals surface area (Å²) < 4.78 is 11.2. The monoisotopic (exact) mass is 550 g/mol. The van der Waals surface area contributed by atoms with E-state index in [4.69, 9.17) is 55.7 Å². The number of aromatic nitrogens is 3. The number of pyridine rings is 2. The van der Waals surface area contributed by atoms with E-state index in [2.05, 4.69) is 15.1 Å². The van der Waals surface area contributed by atoms with Crippen molar-refractivity contribution < 1.29 is 14.1 Å². The lowest BCUT2D eigenvalue weighted by molar-refractivity contribution is -0.118. The van der Waals surface area contributed by atoms with Gasteiger partial charge in [-0.2, -0.15) is 0 Å². The number of benzene rings is 1. The number of ether oxygens (including phenoxy) is 1. The van der Waals surface area contributed by atoms with Gasteiger partial charge in [0, 0.05) is 41.8 Å². The number of carbonyl (C=O) groups excluding carboxylic acids is 1. The van der Waals surface area contributed by atoms with Crippen LogP contribution in [-0.2, 0) is 16.0 Å². The molecule has 0 saturated carbocycles. The molecule has 4 aromatic rings. The molecule has 0 spiro atoms. The lowest BCUT2D eigenvalue weighted by atomic mass is 10.1. The van der Waals surface area contributed by atoms with Gasteiger partial charge in [-0.3, -0.25) is 19.7 Å². The zero-order valence-electron chi connectivity index (χ0n) is 18.1. The fourth-order valence-electron chi connectivity index (χ4n) is 3.24. The summed E-state index contributed by atoms with van der Waals surface area (Å²) in [5.74, 6) is -0.181. The molecule has 1 amide bonds. The lowest BCUT2D eigenvalue weighted by Crippen LogP contribution is -2.37. The molecular weight excluding hydrogens is 534 g/mol. The Morgan fingerprint density at radius 2 is 1.77 bits per heavy atom. The minimum atomic E-state index is -1.27. The van der Waals surface area contributed by atoms with Crippen LogP contribution in [-0.4, -0.2) is 39.2 Å². The highest BCUT2D eigenvalue weighted by Gasteiger charge is 2.23. The summed E-state index contributed by atoms with van der Waals surface area (Å²) in [7, 11) is 0. The van der Waals surface area contributed by atoms with Crippen LogP contribution in [0.15, 0.2) is 71.5 Å². The number of hydrogen-bond acceptors (Lipinski definition) is 6. The number of anilines is 1. The first-order valence-electron chi connectivity index (χ1n) is 10.4. The molecule has 0 aliphatic rings. The van der Waals surface area contributed by atoms with Crippen LogP contribution in [0.2, 0.25) is 10.0 Å². The van der Waals surface area contributed by atoms with Crippen molar-refractivity contribution in [1.29, 1.82) is 0 Å². The average Bonchev–Trinajstić information content (AvgIpc) is 3.34. The third-order valence-electron chi connectivity index (χ3n) is 4.94. The Balaban J connectivity index is 1.53. The zero-order valence-corrected chi connectivity index (χ0v) is 21.1. The first kappa shape index (κ1) is 25.4. The Labute approximate surface area is 221 Å². The summed E-state index contributed by atoms with van der Waals surface area (Å²) >= 11 is 24.3. The normalized spacial score (nSPS) is 11.1. The zero-order chi connectivity index (χ0) is 24.8. The third kappa shape index (κ3) is 6.31. The quantitative estimate of drug-likeness (QED) is 0.135. The summed E-state index contributed by atoms with van der Waals surface area (Å²) in [4.78, 5) is 21.3. The highest BCUT2D eigenvalue weighted by molar-refractivity contribution is 6.54. The van der Waals surface area contributed by atoms with Crippen molar-refractivity contribution in [2.75, 3.05) is 18.2 Å². The Kier molecular flexibility index (Phi) is 8.59. The van der Waals surface area contributed by atoms with Crippen LogP contribution < -0.4 is 4.90 Å². The summed E-state index contributed by atoms with van der Waals surface area (Å²) in [6.45, 7) is 0.278. The topological polar surface area (TPSA) is 81.4 Å². The van der Waals surface area contributed by atoms with Crippen molar-refractivity contribution >= 4 is 58.0 Å². The van der Waals surface area contributed by atoms with Gasteiger partial charge in [0.1, 0.15) is 18.1 Å². The summed E-state index contributed by atoms with van der Waals surface area (Å²) in [6.07, 6.45) is 3.83. The van der Waals surface area contributed by atoms with Gasteiger partial charge in [0.05, 0.1) is 16.7 Å². The fourth-order valence-corrected chi connectivity index (χ4v) is 4.07. The van der Waals surface area contributed by atoms with E-state index in [0.717, 1.165) is 5.69 Å². The number of hydrogen-bond donors (Lipinski definition) is 0. The maximum absolute atomic E-state index is 12.7. The minimum absolute atomic E-state index is 0.0675. The van der Waals surface area contributed by atoms with Gasteiger partial charge in [-0.05, 0) is 36.4 Å². The van der Waals surface area contributed by atoms with Gasteiger partial charge in [-0.15, -0.1) is 0 Å². The highest BCUT2D eigenvalue weighted by atomic mass is 35.5. The maximum atomic E-state index is 12.7. The predicted octanol–water partition coefficient (Wildman–Crippen LogP) is 6.46. The van der Waals surface area contributed by atoms with Crippen molar-refractivity contribution in [1.82, 2.24) is 15.1 Å². The first-order chi connectivity index (χ1) is 16.9. The largest absolute Gasteiger partial charge is 0.360 e. The Morgan fingerprint density at radius 1 is 0.971 bits per heavy atom. The highest BCUT2D eigenvalue weighted by Crippen LogP contribution is 2.36. The molecule has 11 heteroatoms. The van der Waals surface area contributed by atoms with E-state index in [1.165, 1.54) is 11.1 Å². The van der Waals surface area contributed by atoms with Crippen molar-refractivity contribution in [3.63, 3.8) is 0 Å². The van der Waals surface area contributed by atoms with Crippen LogP contribution in [0.5, 0.6) is 0 Å². The van der Waals surface area contributed by atoms with Gasteiger partial charge >= 0.3 is 0 Å². The van der Waals surface area contributed by atoms with E-state index in [1.54, 1.807) is 42.6 Å². The van der Waals surface area contributed by atoms with E-state index >= 15 is 0 Å². The molecule has 1 aromatic carbocycles. The molecule has 3 heterocycles. The molecule has 3 aromatic heterocycles. The van der Waals surface area contributed by atoms with Gasteiger partial charge in [0.25, 0.3) is 5.91 Å². The van der Waals surface area contributed by atoms with Crippen molar-refractivity contribution in [2.45, 2.75) is 11.3 Å². The maximum Gasteiger partial charge on any atom is 0.262 e. The van der Waals surface area contributed by atoms with Crippen LogP contribution >= 0.6 is 46.4 Å². The average molecular weight is 552 g/mol. The minimum Gasteiger partial charge on any atom is -0.360 e. The number of amides is 1. The molecule has 0 aliphatic carbocycles. The second-order valence-corrected chi connectivity index (χ2v) is 9.16. The first-order valence-corrected chi connectivity index (χ1v) is 12.0. The number of alkyl halides is 2. The van der Waals surface area contributed by atoms with Gasteiger partial charge in [0.15, 0.2) is 10.6 Å². The van der Waals surface area contributed by atoms with E-state index in [-0.39, 0.29) is 6.73 Å². The molecule has 180 valence electrons. The molecular formula is C24H18Cl4N4O3. The third-order valence-corrected chi connectivity index (χ3v) is 5.94. The van der Waals surface area contributed by atoms with E-state index in [9.17, 15) is 4.79 Å². The fraction of sp³-hybridized carbons (Fsp3) is 0.167. The van der Waals surface area contributed by atoms with E-state index in [1.807, 2.05) is 18.2 Å². The molecule has 0 saturated heterocycles. The Bertz CT molecular complexity index is 1280.